The van der Waals surface area contributed by atoms with Gasteiger partial charge in [-0.2, -0.15) is 0 Å². The highest BCUT2D eigenvalue weighted by Gasteiger charge is 2.25. The number of aliphatic hydroxyl groups is 1. The fourth-order valence-corrected chi connectivity index (χ4v) is 2.40. The molecule has 0 aromatic rings. The van der Waals surface area contributed by atoms with Gasteiger partial charge in [0.2, 0.25) is 5.91 Å². The van der Waals surface area contributed by atoms with E-state index in [9.17, 15) is 18.3 Å². The van der Waals surface area contributed by atoms with Gasteiger partial charge >= 0.3 is 0 Å². The van der Waals surface area contributed by atoms with Crippen LogP contribution in [0.5, 0.6) is 0 Å². The van der Waals surface area contributed by atoms with E-state index in [1.807, 2.05) is 0 Å². The number of sulfone groups is 1. The zero-order chi connectivity index (χ0) is 13.1. The van der Waals surface area contributed by atoms with E-state index in [4.69, 9.17) is 0 Å². The number of nitrogens with one attached hydrogen (secondary N) is 1. The standard InChI is InChI=1S/C11H21NO4S/c1-8(17(2,15)16)11(14)12-7-9-3-5-10(13)6-4-9/h8-10,13H,3-7H2,1-2H3,(H,12,14). The van der Waals surface area contributed by atoms with Gasteiger partial charge in [-0.25, -0.2) is 8.42 Å². The third-order valence-corrected chi connectivity index (χ3v) is 4.89. The molecule has 1 amide bonds. The molecule has 0 spiro atoms. The van der Waals surface area contributed by atoms with Gasteiger partial charge in [-0.3, -0.25) is 4.79 Å². The Morgan fingerprint density at radius 1 is 1.35 bits per heavy atom. The number of hydrogen-bond donors (Lipinski definition) is 2. The molecular formula is C11H21NO4S. The number of carbonyl (C=O) groups excluding carboxylic acids is 1. The van der Waals surface area contributed by atoms with Crippen LogP contribution in [0.15, 0.2) is 0 Å². The van der Waals surface area contributed by atoms with Gasteiger partial charge in [0.15, 0.2) is 9.84 Å². The molecule has 0 aliphatic heterocycles. The lowest BCUT2D eigenvalue weighted by Gasteiger charge is -2.25. The first-order valence-corrected chi connectivity index (χ1v) is 7.90. The Morgan fingerprint density at radius 3 is 2.35 bits per heavy atom. The van der Waals surface area contributed by atoms with E-state index in [2.05, 4.69) is 5.32 Å². The quantitative estimate of drug-likeness (QED) is 0.753. The van der Waals surface area contributed by atoms with Crippen LogP contribution >= 0.6 is 0 Å². The number of rotatable bonds is 4. The first kappa shape index (κ1) is 14.4. The van der Waals surface area contributed by atoms with E-state index in [0.29, 0.717) is 12.5 Å². The van der Waals surface area contributed by atoms with Crippen molar-refractivity contribution in [2.24, 2.45) is 5.92 Å². The summed E-state index contributed by atoms with van der Waals surface area (Å²) < 4.78 is 22.3. The lowest BCUT2D eigenvalue weighted by atomic mass is 9.87. The summed E-state index contributed by atoms with van der Waals surface area (Å²) in [5.41, 5.74) is 0. The van der Waals surface area contributed by atoms with Crippen molar-refractivity contribution in [3.8, 4) is 0 Å². The average Bonchev–Trinajstić information content (AvgIpc) is 2.25. The van der Waals surface area contributed by atoms with E-state index >= 15 is 0 Å². The molecule has 1 fully saturated rings. The normalized spacial score (nSPS) is 27.5. The highest BCUT2D eigenvalue weighted by atomic mass is 32.2. The molecule has 0 heterocycles. The molecule has 17 heavy (non-hydrogen) atoms. The highest BCUT2D eigenvalue weighted by molar-refractivity contribution is 7.92. The Balaban J connectivity index is 2.34. The molecule has 6 heteroatoms. The molecule has 0 aromatic carbocycles. The SMILES string of the molecule is CC(C(=O)NCC1CCC(O)CC1)S(C)(=O)=O. The highest BCUT2D eigenvalue weighted by Crippen LogP contribution is 2.23. The minimum absolute atomic E-state index is 0.211. The van der Waals surface area contributed by atoms with Crippen LogP contribution < -0.4 is 5.32 Å². The minimum Gasteiger partial charge on any atom is -0.393 e. The first-order chi connectivity index (χ1) is 7.80. The molecule has 0 radical (unpaired) electrons. The maximum Gasteiger partial charge on any atom is 0.238 e. The van der Waals surface area contributed by atoms with Crippen molar-refractivity contribution < 1.29 is 18.3 Å². The van der Waals surface area contributed by atoms with Gasteiger partial charge in [0.1, 0.15) is 5.25 Å². The molecule has 1 atom stereocenters. The van der Waals surface area contributed by atoms with Crippen molar-refractivity contribution in [3.63, 3.8) is 0 Å². The zero-order valence-electron chi connectivity index (χ0n) is 10.3. The van der Waals surface area contributed by atoms with Crippen LogP contribution in [0, 0.1) is 5.92 Å². The first-order valence-electron chi connectivity index (χ1n) is 5.95. The maximum absolute atomic E-state index is 11.6. The van der Waals surface area contributed by atoms with Crippen molar-refractivity contribution in [1.82, 2.24) is 5.32 Å². The van der Waals surface area contributed by atoms with E-state index in [0.717, 1.165) is 31.9 Å². The van der Waals surface area contributed by atoms with Gasteiger partial charge in [-0.05, 0) is 38.5 Å². The monoisotopic (exact) mass is 263 g/mol. The Labute approximate surface area is 103 Å². The summed E-state index contributed by atoms with van der Waals surface area (Å²) in [5, 5.41) is 11.0. The largest absolute Gasteiger partial charge is 0.393 e. The Hall–Kier alpha value is -0.620. The van der Waals surface area contributed by atoms with Crippen LogP contribution in [0.1, 0.15) is 32.6 Å². The number of hydrogen-bond acceptors (Lipinski definition) is 4. The van der Waals surface area contributed by atoms with Gasteiger partial charge in [-0.15, -0.1) is 0 Å². The lowest BCUT2D eigenvalue weighted by Crippen LogP contribution is -2.40. The molecular weight excluding hydrogens is 242 g/mol. The molecule has 1 rings (SSSR count). The summed E-state index contributed by atoms with van der Waals surface area (Å²) >= 11 is 0. The van der Waals surface area contributed by atoms with Crippen molar-refractivity contribution in [2.45, 2.75) is 44.0 Å². The molecule has 0 aromatic heterocycles. The maximum atomic E-state index is 11.6. The summed E-state index contributed by atoms with van der Waals surface area (Å²) in [6.07, 6.45) is 4.15. The molecule has 1 saturated carbocycles. The van der Waals surface area contributed by atoms with Gasteiger partial charge in [-0.1, -0.05) is 0 Å². The molecule has 100 valence electrons. The Kier molecular flexibility index (Phi) is 4.94. The van der Waals surface area contributed by atoms with Crippen molar-refractivity contribution >= 4 is 15.7 Å². The smallest absolute Gasteiger partial charge is 0.238 e. The molecule has 1 aliphatic carbocycles. The second-order valence-electron chi connectivity index (χ2n) is 4.89. The number of carbonyl (C=O) groups is 1. The van der Waals surface area contributed by atoms with Crippen molar-refractivity contribution in [1.29, 1.82) is 0 Å². The third-order valence-electron chi connectivity index (χ3n) is 3.39. The second-order valence-corrected chi connectivity index (χ2v) is 7.26. The summed E-state index contributed by atoms with van der Waals surface area (Å²) in [6.45, 7) is 1.90. The number of aliphatic hydroxyl groups excluding tert-OH is 1. The van der Waals surface area contributed by atoms with E-state index in [-0.39, 0.29) is 6.10 Å². The summed E-state index contributed by atoms with van der Waals surface area (Å²) in [4.78, 5) is 11.6. The fourth-order valence-electron chi connectivity index (χ4n) is 1.93. The molecule has 5 nitrogen and oxygen atoms in total. The number of amides is 1. The molecule has 2 N–H and O–H groups in total. The summed E-state index contributed by atoms with van der Waals surface area (Å²) in [5.74, 6) is -0.0762. The molecule has 0 bridgehead atoms. The zero-order valence-corrected chi connectivity index (χ0v) is 11.2. The lowest BCUT2D eigenvalue weighted by molar-refractivity contribution is -0.120. The van der Waals surface area contributed by atoms with Gasteiger partial charge in [0.25, 0.3) is 0 Å². The molecule has 1 aliphatic rings. The van der Waals surface area contributed by atoms with Crippen LogP contribution in [0.4, 0.5) is 0 Å². The van der Waals surface area contributed by atoms with Crippen molar-refractivity contribution in [3.05, 3.63) is 0 Å². The van der Waals surface area contributed by atoms with Gasteiger partial charge in [0.05, 0.1) is 6.10 Å². The molecule has 0 saturated heterocycles. The van der Waals surface area contributed by atoms with E-state index in [1.54, 1.807) is 0 Å². The fraction of sp³-hybridized carbons (Fsp3) is 0.909. The second kappa shape index (κ2) is 5.82. The van der Waals surface area contributed by atoms with Crippen LogP contribution in [0.25, 0.3) is 0 Å². The average molecular weight is 263 g/mol. The topological polar surface area (TPSA) is 83.5 Å². The summed E-state index contributed by atoms with van der Waals surface area (Å²) in [7, 11) is -3.32. The predicted octanol–water partition coefficient (Wildman–Crippen LogP) is 0.0868. The van der Waals surface area contributed by atoms with Crippen LogP contribution in [0.3, 0.4) is 0 Å². The van der Waals surface area contributed by atoms with Gasteiger partial charge < -0.3 is 10.4 Å². The predicted molar refractivity (Wildman–Crippen MR) is 65.3 cm³/mol. The van der Waals surface area contributed by atoms with Crippen molar-refractivity contribution in [2.75, 3.05) is 12.8 Å². The van der Waals surface area contributed by atoms with Gasteiger partial charge in [0, 0.05) is 12.8 Å². The minimum atomic E-state index is -3.32. The van der Waals surface area contributed by atoms with Crippen LogP contribution in [0.2, 0.25) is 0 Å². The summed E-state index contributed by atoms with van der Waals surface area (Å²) in [6, 6.07) is 0. The third kappa shape index (κ3) is 4.63. The Bertz CT molecular complexity index is 358. The van der Waals surface area contributed by atoms with Crippen LogP contribution in [-0.4, -0.2) is 43.6 Å². The molecule has 1 unspecified atom stereocenters. The van der Waals surface area contributed by atoms with E-state index in [1.165, 1.54) is 6.92 Å². The van der Waals surface area contributed by atoms with E-state index < -0.39 is 21.0 Å². The Morgan fingerprint density at radius 2 is 1.88 bits per heavy atom. The van der Waals surface area contributed by atoms with Crippen LogP contribution in [-0.2, 0) is 14.6 Å².